The van der Waals surface area contributed by atoms with Crippen LogP contribution < -0.4 is 10.6 Å². The monoisotopic (exact) mass is 200 g/mol. The summed E-state index contributed by atoms with van der Waals surface area (Å²) in [6.45, 7) is 11.1. The van der Waals surface area contributed by atoms with Gasteiger partial charge < -0.3 is 10.6 Å². The standard InChI is InChI=1S/C11H24N2O/c1-6-9(4)13-11(14)10(5)12-7-8(2)3/h8-10,12H,6-7H2,1-5H3,(H,13,14). The van der Waals surface area contributed by atoms with Crippen LogP contribution in [-0.4, -0.2) is 24.5 Å². The highest BCUT2D eigenvalue weighted by molar-refractivity contribution is 5.81. The number of carbonyl (C=O) groups excluding carboxylic acids is 1. The predicted molar refractivity (Wildman–Crippen MR) is 60.2 cm³/mol. The maximum Gasteiger partial charge on any atom is 0.237 e. The van der Waals surface area contributed by atoms with E-state index in [1.165, 1.54) is 0 Å². The van der Waals surface area contributed by atoms with Crippen LogP contribution in [0.2, 0.25) is 0 Å². The van der Waals surface area contributed by atoms with Crippen LogP contribution in [0.1, 0.15) is 41.0 Å². The number of carbonyl (C=O) groups is 1. The van der Waals surface area contributed by atoms with Gasteiger partial charge in [-0.15, -0.1) is 0 Å². The van der Waals surface area contributed by atoms with Gasteiger partial charge in [-0.1, -0.05) is 20.8 Å². The zero-order valence-electron chi connectivity index (χ0n) is 10.1. The smallest absolute Gasteiger partial charge is 0.237 e. The molecule has 0 spiro atoms. The van der Waals surface area contributed by atoms with E-state index in [1.807, 2.05) is 13.8 Å². The number of rotatable bonds is 6. The minimum Gasteiger partial charge on any atom is -0.352 e. The second-order valence-corrected chi connectivity index (χ2v) is 4.34. The topological polar surface area (TPSA) is 41.1 Å². The molecule has 0 aromatic carbocycles. The van der Waals surface area contributed by atoms with E-state index < -0.39 is 0 Å². The van der Waals surface area contributed by atoms with Crippen LogP contribution in [0.15, 0.2) is 0 Å². The Morgan fingerprint density at radius 1 is 1.21 bits per heavy atom. The van der Waals surface area contributed by atoms with Crippen molar-refractivity contribution >= 4 is 5.91 Å². The van der Waals surface area contributed by atoms with Crippen molar-refractivity contribution in [1.29, 1.82) is 0 Å². The van der Waals surface area contributed by atoms with Crippen LogP contribution in [-0.2, 0) is 4.79 Å². The van der Waals surface area contributed by atoms with Gasteiger partial charge >= 0.3 is 0 Å². The minimum atomic E-state index is -0.0913. The molecule has 0 saturated carbocycles. The molecule has 3 heteroatoms. The SMILES string of the molecule is CCC(C)NC(=O)C(C)NCC(C)C. The molecule has 0 fully saturated rings. The molecule has 0 bridgehead atoms. The normalized spacial score (nSPS) is 15.3. The number of hydrogen-bond acceptors (Lipinski definition) is 2. The van der Waals surface area contributed by atoms with Crippen molar-refractivity contribution in [3.05, 3.63) is 0 Å². The van der Waals surface area contributed by atoms with E-state index in [-0.39, 0.29) is 18.0 Å². The van der Waals surface area contributed by atoms with Crippen molar-refractivity contribution in [1.82, 2.24) is 10.6 Å². The lowest BCUT2D eigenvalue weighted by Crippen LogP contribution is -2.46. The Morgan fingerprint density at radius 2 is 1.79 bits per heavy atom. The van der Waals surface area contributed by atoms with Crippen LogP contribution in [0.5, 0.6) is 0 Å². The van der Waals surface area contributed by atoms with Gasteiger partial charge in [-0.25, -0.2) is 0 Å². The Kier molecular flexibility index (Phi) is 6.54. The quantitative estimate of drug-likeness (QED) is 0.683. The van der Waals surface area contributed by atoms with E-state index in [2.05, 4.69) is 31.4 Å². The molecule has 0 aliphatic rings. The maximum absolute atomic E-state index is 11.6. The third-order valence-electron chi connectivity index (χ3n) is 2.23. The second-order valence-electron chi connectivity index (χ2n) is 4.34. The summed E-state index contributed by atoms with van der Waals surface area (Å²) in [5.41, 5.74) is 0. The van der Waals surface area contributed by atoms with Gasteiger partial charge in [-0.2, -0.15) is 0 Å². The van der Waals surface area contributed by atoms with Crippen LogP contribution in [0.3, 0.4) is 0 Å². The van der Waals surface area contributed by atoms with Crippen molar-refractivity contribution in [2.24, 2.45) is 5.92 Å². The lowest BCUT2D eigenvalue weighted by Gasteiger charge is -2.18. The van der Waals surface area contributed by atoms with E-state index in [9.17, 15) is 4.79 Å². The van der Waals surface area contributed by atoms with Gasteiger partial charge in [-0.3, -0.25) is 4.79 Å². The fraction of sp³-hybridized carbons (Fsp3) is 0.909. The first-order valence-corrected chi connectivity index (χ1v) is 5.51. The van der Waals surface area contributed by atoms with Crippen LogP contribution in [0, 0.1) is 5.92 Å². The minimum absolute atomic E-state index is 0.0913. The summed E-state index contributed by atoms with van der Waals surface area (Å²) in [5, 5.41) is 6.15. The molecule has 2 N–H and O–H groups in total. The molecule has 14 heavy (non-hydrogen) atoms. The van der Waals surface area contributed by atoms with E-state index in [0.717, 1.165) is 13.0 Å². The first-order chi connectivity index (χ1) is 6.47. The molecule has 0 radical (unpaired) electrons. The Labute approximate surface area is 87.6 Å². The second kappa shape index (κ2) is 6.82. The fourth-order valence-electron chi connectivity index (χ4n) is 0.975. The highest BCUT2D eigenvalue weighted by Gasteiger charge is 2.13. The van der Waals surface area contributed by atoms with E-state index >= 15 is 0 Å². The maximum atomic E-state index is 11.6. The molecule has 0 saturated heterocycles. The predicted octanol–water partition coefficient (Wildman–Crippen LogP) is 1.54. The molecule has 2 unspecified atom stereocenters. The largest absolute Gasteiger partial charge is 0.352 e. The van der Waals surface area contributed by atoms with E-state index in [4.69, 9.17) is 0 Å². The molecular weight excluding hydrogens is 176 g/mol. The summed E-state index contributed by atoms with van der Waals surface area (Å²) in [4.78, 5) is 11.6. The lowest BCUT2D eigenvalue weighted by atomic mass is 10.2. The first-order valence-electron chi connectivity index (χ1n) is 5.51. The lowest BCUT2D eigenvalue weighted by molar-refractivity contribution is -0.123. The summed E-state index contributed by atoms with van der Waals surface area (Å²) in [7, 11) is 0. The fourth-order valence-corrected chi connectivity index (χ4v) is 0.975. The molecule has 3 nitrogen and oxygen atoms in total. The summed E-state index contributed by atoms with van der Waals surface area (Å²) < 4.78 is 0. The number of amides is 1. The van der Waals surface area contributed by atoms with Crippen molar-refractivity contribution in [3.63, 3.8) is 0 Å². The zero-order valence-corrected chi connectivity index (χ0v) is 10.1. The Bertz CT molecular complexity index is 169. The summed E-state index contributed by atoms with van der Waals surface area (Å²) in [6.07, 6.45) is 0.975. The molecule has 0 aliphatic heterocycles. The van der Waals surface area contributed by atoms with Gasteiger partial charge in [0.25, 0.3) is 0 Å². The molecule has 2 atom stereocenters. The number of hydrogen-bond donors (Lipinski definition) is 2. The van der Waals surface area contributed by atoms with Gasteiger partial charge in [-0.05, 0) is 32.7 Å². The molecule has 0 aromatic heterocycles. The van der Waals surface area contributed by atoms with Gasteiger partial charge in [0, 0.05) is 6.04 Å². The first kappa shape index (κ1) is 13.4. The zero-order chi connectivity index (χ0) is 11.1. The number of nitrogens with one attached hydrogen (secondary N) is 2. The molecule has 0 aromatic rings. The van der Waals surface area contributed by atoms with E-state index in [1.54, 1.807) is 0 Å². The third kappa shape index (κ3) is 5.97. The van der Waals surface area contributed by atoms with Crippen LogP contribution in [0.4, 0.5) is 0 Å². The van der Waals surface area contributed by atoms with Gasteiger partial charge in [0.1, 0.15) is 0 Å². The van der Waals surface area contributed by atoms with Crippen molar-refractivity contribution < 1.29 is 4.79 Å². The molecular formula is C11H24N2O. The molecule has 84 valence electrons. The Hall–Kier alpha value is -0.570. The summed E-state index contributed by atoms with van der Waals surface area (Å²) >= 11 is 0. The van der Waals surface area contributed by atoms with Crippen molar-refractivity contribution in [2.75, 3.05) is 6.54 Å². The average Bonchev–Trinajstić information content (AvgIpc) is 2.13. The molecule has 0 aliphatic carbocycles. The van der Waals surface area contributed by atoms with Crippen LogP contribution >= 0.6 is 0 Å². The van der Waals surface area contributed by atoms with Crippen molar-refractivity contribution in [3.8, 4) is 0 Å². The summed E-state index contributed by atoms with van der Waals surface area (Å²) in [5.74, 6) is 0.675. The third-order valence-corrected chi connectivity index (χ3v) is 2.23. The van der Waals surface area contributed by atoms with E-state index in [0.29, 0.717) is 5.92 Å². The summed E-state index contributed by atoms with van der Waals surface area (Å²) in [6, 6.07) is 0.178. The van der Waals surface area contributed by atoms with Crippen LogP contribution in [0.25, 0.3) is 0 Å². The highest BCUT2D eigenvalue weighted by atomic mass is 16.2. The molecule has 0 heterocycles. The average molecular weight is 200 g/mol. The Morgan fingerprint density at radius 3 is 2.21 bits per heavy atom. The highest BCUT2D eigenvalue weighted by Crippen LogP contribution is 1.93. The molecule has 1 amide bonds. The van der Waals surface area contributed by atoms with Gasteiger partial charge in [0.15, 0.2) is 0 Å². The van der Waals surface area contributed by atoms with Gasteiger partial charge in [0.05, 0.1) is 6.04 Å². The van der Waals surface area contributed by atoms with Crippen molar-refractivity contribution in [2.45, 2.75) is 53.1 Å². The Balaban J connectivity index is 3.76. The molecule has 0 rings (SSSR count). The van der Waals surface area contributed by atoms with Gasteiger partial charge in [0.2, 0.25) is 5.91 Å².